The van der Waals surface area contributed by atoms with Crippen LogP contribution < -0.4 is 16.0 Å². The largest absolute Gasteiger partial charge is 0.481 e. The number of hydrogen-bond acceptors (Lipinski definition) is 4. The molecule has 0 bridgehead atoms. The van der Waals surface area contributed by atoms with Gasteiger partial charge < -0.3 is 4.74 Å². The molecule has 0 aliphatic heterocycles. The predicted octanol–water partition coefficient (Wildman–Crippen LogP) is 1.54. The van der Waals surface area contributed by atoms with Crippen LogP contribution in [0.1, 0.15) is 16.2 Å². The smallest absolute Gasteiger partial charge is 0.283 e. The van der Waals surface area contributed by atoms with Crippen LogP contribution in [-0.2, 0) is 6.61 Å². The lowest BCUT2D eigenvalue weighted by Gasteiger charge is -2.08. The number of pyridine rings is 1. The normalized spacial score (nSPS) is 10.2. The average molecular weight is 279 g/mol. The van der Waals surface area contributed by atoms with Gasteiger partial charge in [-0.1, -0.05) is 12.1 Å². The van der Waals surface area contributed by atoms with Crippen LogP contribution in [0.2, 0.25) is 0 Å². The highest BCUT2D eigenvalue weighted by Crippen LogP contribution is 2.21. The SMILES string of the molecule is NNC(=O)c1cccc(COc2c(F)cccc2F)n1. The Kier molecular flexibility index (Phi) is 4.21. The third-order valence-electron chi connectivity index (χ3n) is 2.45. The molecule has 0 spiro atoms. The van der Waals surface area contributed by atoms with Gasteiger partial charge in [0.05, 0.1) is 5.69 Å². The molecular weight excluding hydrogens is 268 g/mol. The lowest BCUT2D eigenvalue weighted by Crippen LogP contribution is -2.30. The molecule has 5 nitrogen and oxygen atoms in total. The number of rotatable bonds is 4. The van der Waals surface area contributed by atoms with Crippen molar-refractivity contribution in [2.45, 2.75) is 6.61 Å². The molecule has 0 saturated heterocycles. The summed E-state index contributed by atoms with van der Waals surface area (Å²) in [5, 5.41) is 0. The van der Waals surface area contributed by atoms with E-state index in [1.807, 2.05) is 5.43 Å². The molecule has 1 amide bonds. The van der Waals surface area contributed by atoms with Crippen LogP contribution in [0.25, 0.3) is 0 Å². The number of halogens is 2. The van der Waals surface area contributed by atoms with Crippen LogP contribution in [0, 0.1) is 11.6 Å². The van der Waals surface area contributed by atoms with Crippen molar-refractivity contribution < 1.29 is 18.3 Å². The molecule has 0 aliphatic carbocycles. The van der Waals surface area contributed by atoms with Crippen LogP contribution in [0.3, 0.4) is 0 Å². The molecule has 20 heavy (non-hydrogen) atoms. The van der Waals surface area contributed by atoms with Crippen molar-refractivity contribution in [2.75, 3.05) is 0 Å². The van der Waals surface area contributed by atoms with Crippen molar-refractivity contribution in [2.24, 2.45) is 5.84 Å². The highest BCUT2D eigenvalue weighted by Gasteiger charge is 2.11. The minimum Gasteiger partial charge on any atom is -0.481 e. The van der Waals surface area contributed by atoms with E-state index in [1.54, 1.807) is 12.1 Å². The second-order valence-electron chi connectivity index (χ2n) is 3.83. The topological polar surface area (TPSA) is 77.2 Å². The molecule has 2 rings (SSSR count). The van der Waals surface area contributed by atoms with Gasteiger partial charge >= 0.3 is 0 Å². The molecule has 0 unspecified atom stereocenters. The molecule has 3 N–H and O–H groups in total. The Hall–Kier alpha value is -2.54. The van der Waals surface area contributed by atoms with Gasteiger partial charge in [0.25, 0.3) is 5.91 Å². The van der Waals surface area contributed by atoms with Crippen LogP contribution in [-0.4, -0.2) is 10.9 Å². The van der Waals surface area contributed by atoms with Crippen molar-refractivity contribution >= 4 is 5.91 Å². The van der Waals surface area contributed by atoms with Crippen LogP contribution in [0.5, 0.6) is 5.75 Å². The minimum absolute atomic E-state index is 0.0857. The lowest BCUT2D eigenvalue weighted by atomic mass is 10.3. The molecule has 1 heterocycles. The van der Waals surface area contributed by atoms with E-state index in [0.717, 1.165) is 12.1 Å². The molecular formula is C13H11F2N3O2. The first kappa shape index (κ1) is 13.9. The summed E-state index contributed by atoms with van der Waals surface area (Å²) in [7, 11) is 0. The summed E-state index contributed by atoms with van der Waals surface area (Å²) in [5.41, 5.74) is 2.37. The van der Waals surface area contributed by atoms with Crippen LogP contribution >= 0.6 is 0 Å². The fourth-order valence-electron chi connectivity index (χ4n) is 1.53. The van der Waals surface area contributed by atoms with E-state index in [2.05, 4.69) is 4.98 Å². The Morgan fingerprint density at radius 3 is 2.50 bits per heavy atom. The van der Waals surface area contributed by atoms with Gasteiger partial charge in [-0.05, 0) is 24.3 Å². The molecule has 1 aromatic heterocycles. The van der Waals surface area contributed by atoms with Crippen molar-refractivity contribution in [1.29, 1.82) is 0 Å². The monoisotopic (exact) mass is 279 g/mol. The lowest BCUT2D eigenvalue weighted by molar-refractivity contribution is 0.0948. The number of nitrogen functional groups attached to an aromatic ring is 1. The third kappa shape index (κ3) is 3.07. The molecule has 2 aromatic rings. The molecule has 104 valence electrons. The first-order chi connectivity index (χ1) is 9.61. The van der Waals surface area contributed by atoms with Crippen LogP contribution in [0.15, 0.2) is 36.4 Å². The fraction of sp³-hybridized carbons (Fsp3) is 0.0769. The summed E-state index contributed by atoms with van der Waals surface area (Å²) in [6, 6.07) is 7.99. The number of carbonyl (C=O) groups excluding carboxylic acids is 1. The molecule has 1 aromatic carbocycles. The molecule has 0 radical (unpaired) electrons. The Morgan fingerprint density at radius 1 is 1.20 bits per heavy atom. The molecule has 0 fully saturated rings. The quantitative estimate of drug-likeness (QED) is 0.505. The predicted molar refractivity (Wildman–Crippen MR) is 66.6 cm³/mol. The first-order valence-corrected chi connectivity index (χ1v) is 5.65. The number of para-hydroxylation sites is 1. The Labute approximate surface area is 113 Å². The standard InChI is InChI=1S/C13H11F2N3O2/c14-9-4-2-5-10(15)12(9)20-7-8-3-1-6-11(17-8)13(19)18-16/h1-6H,7,16H2,(H,18,19). The van der Waals surface area contributed by atoms with Crippen molar-refractivity contribution in [3.63, 3.8) is 0 Å². The Bertz CT molecular complexity index is 615. The third-order valence-corrected chi connectivity index (χ3v) is 2.45. The zero-order valence-electron chi connectivity index (χ0n) is 10.3. The number of nitrogens with one attached hydrogen (secondary N) is 1. The first-order valence-electron chi connectivity index (χ1n) is 5.65. The molecule has 0 atom stereocenters. The fourth-order valence-corrected chi connectivity index (χ4v) is 1.53. The number of nitrogens with zero attached hydrogens (tertiary/aromatic N) is 1. The van der Waals surface area contributed by atoms with E-state index in [-0.39, 0.29) is 12.3 Å². The van der Waals surface area contributed by atoms with Gasteiger partial charge in [0.2, 0.25) is 0 Å². The van der Waals surface area contributed by atoms with Gasteiger partial charge in [-0.15, -0.1) is 0 Å². The van der Waals surface area contributed by atoms with Crippen molar-refractivity contribution in [3.05, 3.63) is 59.4 Å². The van der Waals surface area contributed by atoms with E-state index < -0.39 is 23.3 Å². The number of benzene rings is 1. The molecule has 0 aliphatic rings. The second kappa shape index (κ2) is 6.07. The van der Waals surface area contributed by atoms with Gasteiger partial charge in [-0.2, -0.15) is 0 Å². The summed E-state index contributed by atoms with van der Waals surface area (Å²) in [4.78, 5) is 15.2. The van der Waals surface area contributed by atoms with E-state index in [1.165, 1.54) is 12.1 Å². The van der Waals surface area contributed by atoms with Gasteiger partial charge in [-0.25, -0.2) is 19.6 Å². The van der Waals surface area contributed by atoms with E-state index >= 15 is 0 Å². The maximum absolute atomic E-state index is 13.3. The van der Waals surface area contributed by atoms with Gasteiger partial charge in [-0.3, -0.25) is 10.2 Å². The maximum Gasteiger partial charge on any atom is 0.283 e. The number of nitrogens with two attached hydrogens (primary N) is 1. The van der Waals surface area contributed by atoms with Crippen molar-refractivity contribution in [1.82, 2.24) is 10.4 Å². The number of ether oxygens (including phenoxy) is 1. The van der Waals surface area contributed by atoms with Gasteiger partial charge in [0, 0.05) is 0 Å². The zero-order valence-corrected chi connectivity index (χ0v) is 10.3. The van der Waals surface area contributed by atoms with E-state index in [9.17, 15) is 13.6 Å². The summed E-state index contributed by atoms with van der Waals surface area (Å²) < 4.78 is 31.7. The van der Waals surface area contributed by atoms with E-state index in [4.69, 9.17) is 10.6 Å². The molecule has 7 heteroatoms. The van der Waals surface area contributed by atoms with Crippen molar-refractivity contribution in [3.8, 4) is 5.75 Å². The summed E-state index contributed by atoms with van der Waals surface area (Å²) in [6.07, 6.45) is 0. The summed E-state index contributed by atoms with van der Waals surface area (Å²) in [6.45, 7) is -0.177. The Balaban J connectivity index is 2.13. The maximum atomic E-state index is 13.3. The average Bonchev–Trinajstić information content (AvgIpc) is 2.46. The molecule has 0 saturated carbocycles. The number of hydrogen-bond donors (Lipinski definition) is 2. The number of amides is 1. The zero-order chi connectivity index (χ0) is 14.5. The number of hydrazine groups is 1. The highest BCUT2D eigenvalue weighted by molar-refractivity contribution is 5.91. The van der Waals surface area contributed by atoms with Crippen LogP contribution in [0.4, 0.5) is 8.78 Å². The number of carbonyl (C=O) groups is 1. The number of aromatic nitrogens is 1. The highest BCUT2D eigenvalue weighted by atomic mass is 19.1. The minimum atomic E-state index is -0.805. The van der Waals surface area contributed by atoms with Gasteiger partial charge in [0.1, 0.15) is 12.3 Å². The summed E-state index contributed by atoms with van der Waals surface area (Å²) in [5.74, 6) is 2.33. The summed E-state index contributed by atoms with van der Waals surface area (Å²) >= 11 is 0. The van der Waals surface area contributed by atoms with Gasteiger partial charge in [0.15, 0.2) is 17.4 Å². The van der Waals surface area contributed by atoms with E-state index in [0.29, 0.717) is 5.69 Å². The Morgan fingerprint density at radius 2 is 1.85 bits per heavy atom. The second-order valence-corrected chi connectivity index (χ2v) is 3.83.